The number of benzene rings is 2. The molecule has 2 aromatic rings. The van der Waals surface area contributed by atoms with Crippen LogP contribution in [0.25, 0.3) is 0 Å². The summed E-state index contributed by atoms with van der Waals surface area (Å²) in [5.41, 5.74) is 1.20. The summed E-state index contributed by atoms with van der Waals surface area (Å²) in [5, 5.41) is 12.3. The van der Waals surface area contributed by atoms with Gasteiger partial charge in [0, 0.05) is 5.69 Å². The first-order valence-corrected chi connectivity index (χ1v) is 7.15. The molecule has 1 atom stereocenters. The van der Waals surface area contributed by atoms with E-state index in [1.807, 2.05) is 0 Å². The molecule has 1 unspecified atom stereocenters. The second kappa shape index (κ2) is 6.00. The topological polar surface area (TPSA) is 78.9 Å². The third kappa shape index (κ3) is 2.96. The van der Waals surface area contributed by atoms with E-state index in [4.69, 9.17) is 4.74 Å². The van der Waals surface area contributed by atoms with Gasteiger partial charge < -0.3 is 15.2 Å². The van der Waals surface area contributed by atoms with Gasteiger partial charge in [-0.1, -0.05) is 0 Å². The van der Waals surface area contributed by atoms with Crippen LogP contribution in [-0.2, 0) is 9.59 Å². The van der Waals surface area contributed by atoms with Gasteiger partial charge in [0.05, 0.1) is 19.2 Å². The Morgan fingerprint density at radius 3 is 2.35 bits per heavy atom. The summed E-state index contributed by atoms with van der Waals surface area (Å²) in [6.07, 6.45) is 0.0890. The lowest BCUT2D eigenvalue weighted by atomic mass is 10.2. The van der Waals surface area contributed by atoms with Crippen molar-refractivity contribution in [2.24, 2.45) is 0 Å². The number of aromatic hydroxyl groups is 1. The molecule has 1 aliphatic heterocycles. The van der Waals surface area contributed by atoms with Gasteiger partial charge in [-0.15, -0.1) is 0 Å². The average Bonchev–Trinajstić information content (AvgIpc) is 2.84. The lowest BCUT2D eigenvalue weighted by molar-refractivity contribution is -0.121. The molecule has 0 spiro atoms. The van der Waals surface area contributed by atoms with Crippen molar-refractivity contribution in [2.45, 2.75) is 12.5 Å². The summed E-state index contributed by atoms with van der Waals surface area (Å²) < 4.78 is 5.07. The monoisotopic (exact) mass is 312 g/mol. The highest BCUT2D eigenvalue weighted by atomic mass is 16.5. The largest absolute Gasteiger partial charge is 0.508 e. The predicted octanol–water partition coefficient (Wildman–Crippen LogP) is 2.14. The Kier molecular flexibility index (Phi) is 3.89. The number of phenolic OH excluding ortho intramolecular Hbond substituents is 1. The molecule has 2 aromatic carbocycles. The van der Waals surface area contributed by atoms with E-state index in [0.29, 0.717) is 17.1 Å². The Morgan fingerprint density at radius 2 is 1.74 bits per heavy atom. The summed E-state index contributed by atoms with van der Waals surface area (Å²) in [6, 6.07) is 12.5. The van der Waals surface area contributed by atoms with Crippen LogP contribution in [-0.4, -0.2) is 30.1 Å². The number of hydrogen-bond donors (Lipinski definition) is 2. The molecule has 1 saturated heterocycles. The van der Waals surface area contributed by atoms with Gasteiger partial charge in [0.25, 0.3) is 5.91 Å². The summed E-state index contributed by atoms with van der Waals surface area (Å²) in [5.74, 6) is 0.250. The maximum absolute atomic E-state index is 12.5. The highest BCUT2D eigenvalue weighted by molar-refractivity contribution is 6.23. The Morgan fingerprint density at radius 1 is 1.09 bits per heavy atom. The first-order chi connectivity index (χ1) is 11.1. The molecular formula is C17H16N2O4. The Hall–Kier alpha value is -3.02. The van der Waals surface area contributed by atoms with Gasteiger partial charge in [0.15, 0.2) is 0 Å². The molecule has 2 N–H and O–H groups in total. The van der Waals surface area contributed by atoms with Gasteiger partial charge >= 0.3 is 0 Å². The van der Waals surface area contributed by atoms with Crippen molar-refractivity contribution in [1.82, 2.24) is 0 Å². The van der Waals surface area contributed by atoms with Crippen LogP contribution >= 0.6 is 0 Å². The van der Waals surface area contributed by atoms with E-state index < -0.39 is 6.04 Å². The third-order valence-corrected chi connectivity index (χ3v) is 3.69. The number of ether oxygens (including phenoxy) is 1. The minimum absolute atomic E-state index is 0.0890. The van der Waals surface area contributed by atoms with Gasteiger partial charge in [0.2, 0.25) is 5.91 Å². The fraction of sp³-hybridized carbons (Fsp3) is 0.176. The van der Waals surface area contributed by atoms with E-state index >= 15 is 0 Å². The number of amides is 2. The molecule has 0 aromatic heterocycles. The van der Waals surface area contributed by atoms with Crippen molar-refractivity contribution in [3.63, 3.8) is 0 Å². The molecule has 1 fully saturated rings. The van der Waals surface area contributed by atoms with Crippen LogP contribution < -0.4 is 15.0 Å². The molecule has 118 valence electrons. The van der Waals surface area contributed by atoms with Crippen LogP contribution in [0, 0.1) is 0 Å². The number of phenols is 1. The van der Waals surface area contributed by atoms with Crippen LogP contribution in [0.4, 0.5) is 11.4 Å². The lowest BCUT2D eigenvalue weighted by Crippen LogP contribution is -2.34. The van der Waals surface area contributed by atoms with Gasteiger partial charge in [-0.3, -0.25) is 9.59 Å². The number of imide groups is 1. The number of hydrogen-bond acceptors (Lipinski definition) is 5. The van der Waals surface area contributed by atoms with Crippen LogP contribution in [0.1, 0.15) is 6.42 Å². The summed E-state index contributed by atoms with van der Waals surface area (Å²) in [7, 11) is 1.55. The van der Waals surface area contributed by atoms with E-state index in [1.54, 1.807) is 43.5 Å². The molecule has 0 radical (unpaired) electrons. The molecule has 0 saturated carbocycles. The Bertz CT molecular complexity index is 725. The molecular weight excluding hydrogens is 296 g/mol. The van der Waals surface area contributed by atoms with Crippen molar-refractivity contribution in [2.75, 3.05) is 17.3 Å². The Balaban J connectivity index is 1.77. The second-order valence-corrected chi connectivity index (χ2v) is 5.21. The smallest absolute Gasteiger partial charge is 0.256 e. The third-order valence-electron chi connectivity index (χ3n) is 3.69. The van der Waals surface area contributed by atoms with Crippen LogP contribution in [0.3, 0.4) is 0 Å². The van der Waals surface area contributed by atoms with Crippen molar-refractivity contribution in [3.05, 3.63) is 48.5 Å². The van der Waals surface area contributed by atoms with Crippen molar-refractivity contribution in [1.29, 1.82) is 0 Å². The molecule has 1 aliphatic rings. The summed E-state index contributed by atoms with van der Waals surface area (Å²) >= 11 is 0. The fourth-order valence-corrected chi connectivity index (χ4v) is 2.51. The highest BCUT2D eigenvalue weighted by Gasteiger charge is 2.39. The first kappa shape index (κ1) is 14.9. The van der Waals surface area contributed by atoms with E-state index in [9.17, 15) is 14.7 Å². The molecule has 23 heavy (non-hydrogen) atoms. The number of methoxy groups -OCH3 is 1. The van der Waals surface area contributed by atoms with Crippen molar-refractivity contribution >= 4 is 23.2 Å². The molecule has 3 rings (SSSR count). The fourth-order valence-electron chi connectivity index (χ4n) is 2.51. The zero-order valence-electron chi connectivity index (χ0n) is 12.5. The van der Waals surface area contributed by atoms with Gasteiger partial charge in [-0.05, 0) is 48.5 Å². The first-order valence-electron chi connectivity index (χ1n) is 7.15. The zero-order valence-corrected chi connectivity index (χ0v) is 12.5. The van der Waals surface area contributed by atoms with E-state index in [0.717, 1.165) is 0 Å². The highest BCUT2D eigenvalue weighted by Crippen LogP contribution is 2.27. The summed E-state index contributed by atoms with van der Waals surface area (Å²) in [6.45, 7) is 0. The van der Waals surface area contributed by atoms with E-state index in [-0.39, 0.29) is 24.0 Å². The van der Waals surface area contributed by atoms with Gasteiger partial charge in [-0.2, -0.15) is 0 Å². The van der Waals surface area contributed by atoms with Gasteiger partial charge in [-0.25, -0.2) is 4.90 Å². The van der Waals surface area contributed by atoms with Crippen molar-refractivity contribution < 1.29 is 19.4 Å². The number of carbonyl (C=O) groups is 2. The molecule has 0 bridgehead atoms. The second-order valence-electron chi connectivity index (χ2n) is 5.21. The summed E-state index contributed by atoms with van der Waals surface area (Å²) in [4.78, 5) is 25.9. The number of nitrogens with one attached hydrogen (secondary N) is 1. The average molecular weight is 312 g/mol. The SMILES string of the molecule is COc1ccc(N2C(=O)CC(Nc3ccc(O)cc3)C2=O)cc1. The normalized spacial score (nSPS) is 17.4. The minimum Gasteiger partial charge on any atom is -0.508 e. The molecule has 0 aliphatic carbocycles. The number of anilines is 2. The zero-order chi connectivity index (χ0) is 16.4. The maximum atomic E-state index is 12.5. The minimum atomic E-state index is -0.617. The van der Waals surface area contributed by atoms with Crippen LogP contribution in [0.15, 0.2) is 48.5 Å². The van der Waals surface area contributed by atoms with E-state index in [1.165, 1.54) is 17.0 Å². The predicted molar refractivity (Wildman–Crippen MR) is 85.6 cm³/mol. The molecule has 1 heterocycles. The Labute approximate surface area is 133 Å². The number of nitrogens with zero attached hydrogens (tertiary/aromatic N) is 1. The van der Waals surface area contributed by atoms with Crippen LogP contribution in [0.5, 0.6) is 11.5 Å². The van der Waals surface area contributed by atoms with Crippen molar-refractivity contribution in [3.8, 4) is 11.5 Å². The maximum Gasteiger partial charge on any atom is 0.256 e. The van der Waals surface area contributed by atoms with Gasteiger partial charge in [0.1, 0.15) is 17.5 Å². The molecule has 6 nitrogen and oxygen atoms in total. The molecule has 6 heteroatoms. The number of rotatable bonds is 4. The molecule has 2 amide bonds. The van der Waals surface area contributed by atoms with E-state index in [2.05, 4.69) is 5.32 Å². The standard InChI is InChI=1S/C17H16N2O4/c1-23-14-8-4-12(5-9-14)19-16(21)10-15(17(19)22)18-11-2-6-13(20)7-3-11/h2-9,15,18,20H,10H2,1H3. The quantitative estimate of drug-likeness (QED) is 0.668. The number of carbonyl (C=O) groups excluding carboxylic acids is 2. The lowest BCUT2D eigenvalue weighted by Gasteiger charge is -2.16. The van der Waals surface area contributed by atoms with Crippen LogP contribution in [0.2, 0.25) is 0 Å².